The number of aromatic amines is 1. The largest absolute Gasteiger partial charge is 0.366 e. The second-order valence-corrected chi connectivity index (χ2v) is 3.60. The molecular formula is C11H9N5O. The highest BCUT2D eigenvalue weighted by molar-refractivity contribution is 5.77. The van der Waals surface area contributed by atoms with Gasteiger partial charge in [0.15, 0.2) is 5.65 Å². The van der Waals surface area contributed by atoms with E-state index in [9.17, 15) is 4.79 Å². The maximum atomic E-state index is 11.3. The Morgan fingerprint density at radius 2 is 2.24 bits per heavy atom. The van der Waals surface area contributed by atoms with E-state index in [4.69, 9.17) is 5.73 Å². The predicted molar refractivity (Wildman–Crippen MR) is 63.5 cm³/mol. The molecular weight excluding hydrogens is 218 g/mol. The molecule has 3 heterocycles. The van der Waals surface area contributed by atoms with Crippen molar-refractivity contribution < 1.29 is 0 Å². The number of anilines is 1. The lowest BCUT2D eigenvalue weighted by molar-refractivity contribution is 0.969. The van der Waals surface area contributed by atoms with Gasteiger partial charge in [-0.1, -0.05) is 0 Å². The molecule has 0 fully saturated rings. The van der Waals surface area contributed by atoms with Crippen molar-refractivity contribution in [2.45, 2.75) is 0 Å². The summed E-state index contributed by atoms with van der Waals surface area (Å²) in [6, 6.07) is 7.03. The number of rotatable bonds is 1. The summed E-state index contributed by atoms with van der Waals surface area (Å²) in [6.07, 6.45) is 3.36. The van der Waals surface area contributed by atoms with E-state index in [1.165, 1.54) is 6.07 Å². The highest BCUT2D eigenvalue weighted by Crippen LogP contribution is 2.21. The molecule has 3 rings (SSSR count). The van der Waals surface area contributed by atoms with Crippen molar-refractivity contribution in [1.29, 1.82) is 0 Å². The van der Waals surface area contributed by atoms with E-state index in [0.717, 1.165) is 11.1 Å². The third-order valence-corrected chi connectivity index (χ3v) is 2.46. The molecule has 0 unspecified atom stereocenters. The van der Waals surface area contributed by atoms with Crippen molar-refractivity contribution >= 4 is 11.6 Å². The van der Waals surface area contributed by atoms with Crippen LogP contribution in [0.5, 0.6) is 0 Å². The van der Waals surface area contributed by atoms with Crippen molar-refractivity contribution in [1.82, 2.24) is 19.6 Å². The number of nitrogens with zero attached hydrogens (tertiary/aromatic N) is 3. The smallest absolute Gasteiger partial charge is 0.248 e. The summed E-state index contributed by atoms with van der Waals surface area (Å²) < 4.78 is 1.59. The average molecular weight is 227 g/mol. The first-order valence-electron chi connectivity index (χ1n) is 5.04. The lowest BCUT2D eigenvalue weighted by Gasteiger charge is -2.01. The molecule has 0 aromatic carbocycles. The Hall–Kier alpha value is -2.63. The van der Waals surface area contributed by atoms with Gasteiger partial charge in [0.1, 0.15) is 0 Å². The summed E-state index contributed by atoms with van der Waals surface area (Å²) in [6.45, 7) is 0. The number of nitrogens with one attached hydrogen (secondary N) is 1. The van der Waals surface area contributed by atoms with Gasteiger partial charge in [-0.2, -0.15) is 4.98 Å². The first-order chi connectivity index (χ1) is 8.24. The van der Waals surface area contributed by atoms with Crippen LogP contribution in [-0.4, -0.2) is 19.6 Å². The molecule has 0 saturated carbocycles. The Kier molecular flexibility index (Phi) is 1.94. The van der Waals surface area contributed by atoms with E-state index < -0.39 is 0 Å². The zero-order valence-electron chi connectivity index (χ0n) is 8.79. The van der Waals surface area contributed by atoms with Gasteiger partial charge in [0.25, 0.3) is 0 Å². The van der Waals surface area contributed by atoms with Crippen molar-refractivity contribution in [3.05, 3.63) is 47.0 Å². The van der Waals surface area contributed by atoms with Crippen LogP contribution in [0.3, 0.4) is 0 Å². The monoisotopic (exact) mass is 227 g/mol. The summed E-state index contributed by atoms with van der Waals surface area (Å²) >= 11 is 0. The minimum Gasteiger partial charge on any atom is -0.366 e. The molecule has 84 valence electrons. The van der Waals surface area contributed by atoms with Gasteiger partial charge in [0.2, 0.25) is 11.5 Å². The van der Waals surface area contributed by atoms with Crippen LogP contribution in [0.25, 0.3) is 16.8 Å². The maximum absolute atomic E-state index is 11.3. The zero-order valence-corrected chi connectivity index (χ0v) is 8.79. The second kappa shape index (κ2) is 3.44. The molecule has 0 spiro atoms. The molecule has 3 N–H and O–H groups in total. The summed E-state index contributed by atoms with van der Waals surface area (Å²) in [4.78, 5) is 18.0. The number of pyridine rings is 2. The Labute approximate surface area is 95.7 Å². The van der Waals surface area contributed by atoms with Crippen LogP contribution in [0.4, 0.5) is 5.95 Å². The molecule has 17 heavy (non-hydrogen) atoms. The van der Waals surface area contributed by atoms with Crippen LogP contribution >= 0.6 is 0 Å². The number of H-pyrrole nitrogens is 1. The molecule has 0 atom stereocenters. The highest BCUT2D eigenvalue weighted by Gasteiger charge is 2.07. The Morgan fingerprint density at radius 1 is 1.35 bits per heavy atom. The number of hydrogen-bond donors (Lipinski definition) is 2. The highest BCUT2D eigenvalue weighted by atomic mass is 16.1. The maximum Gasteiger partial charge on any atom is 0.248 e. The van der Waals surface area contributed by atoms with E-state index >= 15 is 0 Å². The quantitative estimate of drug-likeness (QED) is 0.639. The number of hydrogen-bond acceptors (Lipinski definition) is 4. The topological polar surface area (TPSA) is 89.1 Å². The third-order valence-electron chi connectivity index (χ3n) is 2.46. The summed E-state index contributed by atoms with van der Waals surface area (Å²) in [5, 5.41) is 4.02. The second-order valence-electron chi connectivity index (χ2n) is 3.60. The van der Waals surface area contributed by atoms with Gasteiger partial charge in [-0.05, 0) is 23.8 Å². The van der Waals surface area contributed by atoms with Crippen molar-refractivity contribution in [3.8, 4) is 11.1 Å². The molecule has 3 aromatic rings. The van der Waals surface area contributed by atoms with Crippen molar-refractivity contribution in [2.75, 3.05) is 5.73 Å². The number of fused-ring (bicyclic) bond motifs is 1. The van der Waals surface area contributed by atoms with Crippen molar-refractivity contribution in [3.63, 3.8) is 0 Å². The minimum atomic E-state index is -0.156. The molecule has 0 radical (unpaired) electrons. The van der Waals surface area contributed by atoms with Crippen LogP contribution in [0, 0.1) is 0 Å². The molecule has 0 aliphatic carbocycles. The normalized spacial score (nSPS) is 10.8. The van der Waals surface area contributed by atoms with Gasteiger partial charge < -0.3 is 10.7 Å². The minimum absolute atomic E-state index is 0.156. The lowest BCUT2D eigenvalue weighted by atomic mass is 10.1. The van der Waals surface area contributed by atoms with E-state index in [1.807, 2.05) is 18.2 Å². The van der Waals surface area contributed by atoms with Gasteiger partial charge >= 0.3 is 0 Å². The first-order valence-corrected chi connectivity index (χ1v) is 5.04. The van der Waals surface area contributed by atoms with Gasteiger partial charge in [-0.15, -0.1) is 5.10 Å². The van der Waals surface area contributed by atoms with Crippen LogP contribution in [0.1, 0.15) is 0 Å². The van der Waals surface area contributed by atoms with E-state index in [1.54, 1.807) is 16.9 Å². The van der Waals surface area contributed by atoms with Crippen molar-refractivity contribution in [2.24, 2.45) is 0 Å². The average Bonchev–Trinajstić information content (AvgIpc) is 2.68. The van der Waals surface area contributed by atoms with Crippen LogP contribution in [0.15, 0.2) is 41.5 Å². The molecule has 0 aliphatic rings. The summed E-state index contributed by atoms with van der Waals surface area (Å²) in [5.41, 5.74) is 7.64. The van der Waals surface area contributed by atoms with E-state index in [2.05, 4.69) is 15.1 Å². The fourth-order valence-electron chi connectivity index (χ4n) is 1.76. The van der Waals surface area contributed by atoms with E-state index in [-0.39, 0.29) is 11.5 Å². The molecule has 0 amide bonds. The number of nitrogen functional groups attached to an aromatic ring is 1. The predicted octanol–water partition coefficient (Wildman–Crippen LogP) is 0.667. The molecule has 0 bridgehead atoms. The fourth-order valence-corrected chi connectivity index (χ4v) is 1.76. The number of aromatic nitrogens is 4. The number of nitrogens with two attached hydrogens (primary N) is 1. The zero-order chi connectivity index (χ0) is 11.8. The summed E-state index contributed by atoms with van der Waals surface area (Å²) in [7, 11) is 0. The standard InChI is InChI=1S/C11H9N5O/c12-11-14-10-8(2-1-5-16(10)15-11)7-3-4-13-9(17)6-7/h1-6H,(H2,12,15)(H,13,17). The summed E-state index contributed by atoms with van der Waals surface area (Å²) in [5.74, 6) is 0.210. The molecule has 0 saturated heterocycles. The fraction of sp³-hybridized carbons (Fsp3) is 0. The third kappa shape index (κ3) is 1.55. The van der Waals surface area contributed by atoms with Crippen LogP contribution in [0.2, 0.25) is 0 Å². The van der Waals surface area contributed by atoms with Crippen LogP contribution < -0.4 is 11.3 Å². The van der Waals surface area contributed by atoms with Gasteiger partial charge in [0.05, 0.1) is 0 Å². The first kappa shape index (κ1) is 9.59. The van der Waals surface area contributed by atoms with Gasteiger partial charge in [-0.3, -0.25) is 4.79 Å². The Morgan fingerprint density at radius 3 is 3.06 bits per heavy atom. The van der Waals surface area contributed by atoms with Crippen LogP contribution in [-0.2, 0) is 0 Å². The van der Waals surface area contributed by atoms with Gasteiger partial charge in [-0.25, -0.2) is 4.52 Å². The Bertz CT molecular complexity index is 743. The lowest BCUT2D eigenvalue weighted by Crippen LogP contribution is -2.02. The Balaban J connectivity index is 2.33. The molecule has 0 aliphatic heterocycles. The molecule has 3 aromatic heterocycles. The molecule has 6 heteroatoms. The molecule has 6 nitrogen and oxygen atoms in total. The SMILES string of the molecule is Nc1nc2c(-c3cc[nH]c(=O)c3)cccn2n1. The van der Waals surface area contributed by atoms with Gasteiger partial charge in [0, 0.05) is 24.0 Å². The van der Waals surface area contributed by atoms with E-state index in [0.29, 0.717) is 5.65 Å².